The molecular weight excluding hydrogens is 158 g/mol. The molecule has 0 amide bonds. The van der Waals surface area contributed by atoms with Crippen LogP contribution in [0, 0.1) is 5.92 Å². The maximum atomic E-state index is 10.6. The van der Waals surface area contributed by atoms with E-state index in [1.807, 2.05) is 6.92 Å². The van der Waals surface area contributed by atoms with Crippen LogP contribution in [0.1, 0.15) is 20.3 Å². The molecule has 0 radical (unpaired) electrons. The molecule has 0 aliphatic carbocycles. The van der Waals surface area contributed by atoms with Gasteiger partial charge in [0.15, 0.2) is 0 Å². The van der Waals surface area contributed by atoms with Gasteiger partial charge in [0.1, 0.15) is 6.04 Å². The quantitative estimate of drug-likeness (QED) is 0.534. The predicted molar refractivity (Wildman–Crippen MR) is 46.0 cm³/mol. The van der Waals surface area contributed by atoms with Gasteiger partial charge < -0.3 is 15.5 Å². The van der Waals surface area contributed by atoms with E-state index in [4.69, 9.17) is 10.2 Å². The zero-order valence-electron chi connectivity index (χ0n) is 7.58. The van der Waals surface area contributed by atoms with E-state index >= 15 is 0 Å². The Hall–Kier alpha value is -0.610. The van der Waals surface area contributed by atoms with Gasteiger partial charge in [-0.3, -0.25) is 4.79 Å². The number of aliphatic carboxylic acids is 1. The summed E-state index contributed by atoms with van der Waals surface area (Å²) in [6, 6.07) is -0.630. The number of carbonyl (C=O) groups is 1. The van der Waals surface area contributed by atoms with Gasteiger partial charge in [-0.15, -0.1) is 0 Å². The van der Waals surface area contributed by atoms with Crippen molar-refractivity contribution < 1.29 is 15.0 Å². The number of aliphatic hydroxyl groups excluding tert-OH is 1. The van der Waals surface area contributed by atoms with Crippen molar-refractivity contribution in [3.63, 3.8) is 0 Å². The molecule has 0 aromatic rings. The fourth-order valence-corrected chi connectivity index (χ4v) is 0.937. The van der Waals surface area contributed by atoms with Gasteiger partial charge in [-0.05, 0) is 13.0 Å². The molecule has 4 heteroatoms. The zero-order valence-corrected chi connectivity index (χ0v) is 7.58. The molecule has 1 unspecified atom stereocenters. The Kier molecular flexibility index (Phi) is 5.66. The SMILES string of the molecule is CCCN[C@H](C(=O)O)C(C)CO. The first-order valence-electron chi connectivity index (χ1n) is 4.20. The van der Waals surface area contributed by atoms with Crippen molar-refractivity contribution in [3.8, 4) is 0 Å². The molecule has 0 aromatic carbocycles. The lowest BCUT2D eigenvalue weighted by Gasteiger charge is -2.18. The molecule has 0 aliphatic heterocycles. The lowest BCUT2D eigenvalue weighted by Crippen LogP contribution is -2.43. The average Bonchev–Trinajstić information content (AvgIpc) is 2.04. The lowest BCUT2D eigenvalue weighted by molar-refractivity contribution is -0.141. The molecule has 0 spiro atoms. The number of carboxylic acids is 1. The van der Waals surface area contributed by atoms with Gasteiger partial charge in [-0.2, -0.15) is 0 Å². The summed E-state index contributed by atoms with van der Waals surface area (Å²) in [6.07, 6.45) is 0.891. The highest BCUT2D eigenvalue weighted by Gasteiger charge is 2.22. The number of hydrogen-bond donors (Lipinski definition) is 3. The minimum Gasteiger partial charge on any atom is -0.480 e. The molecule has 0 aliphatic rings. The number of hydrogen-bond acceptors (Lipinski definition) is 3. The highest BCUT2D eigenvalue weighted by Crippen LogP contribution is 2.01. The van der Waals surface area contributed by atoms with Crippen LogP contribution in [0.5, 0.6) is 0 Å². The van der Waals surface area contributed by atoms with Crippen molar-refractivity contribution in [3.05, 3.63) is 0 Å². The first-order chi connectivity index (χ1) is 5.63. The third kappa shape index (κ3) is 3.69. The highest BCUT2D eigenvalue weighted by atomic mass is 16.4. The van der Waals surface area contributed by atoms with Crippen LogP contribution in [0.15, 0.2) is 0 Å². The van der Waals surface area contributed by atoms with Gasteiger partial charge in [-0.25, -0.2) is 0 Å². The molecule has 0 saturated heterocycles. The van der Waals surface area contributed by atoms with E-state index in [0.29, 0.717) is 6.54 Å². The normalized spacial score (nSPS) is 15.6. The molecule has 0 saturated carbocycles. The highest BCUT2D eigenvalue weighted by molar-refractivity contribution is 5.73. The van der Waals surface area contributed by atoms with Crippen LogP contribution in [-0.2, 0) is 4.79 Å². The molecule has 0 heterocycles. The van der Waals surface area contributed by atoms with Crippen LogP contribution in [0.4, 0.5) is 0 Å². The smallest absolute Gasteiger partial charge is 0.321 e. The number of rotatable bonds is 6. The fourth-order valence-electron chi connectivity index (χ4n) is 0.937. The van der Waals surface area contributed by atoms with Gasteiger partial charge in [0.2, 0.25) is 0 Å². The Morgan fingerprint density at radius 1 is 1.58 bits per heavy atom. The van der Waals surface area contributed by atoms with Crippen molar-refractivity contribution in [1.82, 2.24) is 5.32 Å². The first-order valence-corrected chi connectivity index (χ1v) is 4.20. The number of nitrogens with one attached hydrogen (secondary N) is 1. The van der Waals surface area contributed by atoms with E-state index in [1.54, 1.807) is 6.92 Å². The average molecular weight is 175 g/mol. The van der Waals surface area contributed by atoms with Crippen LogP contribution in [0.2, 0.25) is 0 Å². The molecule has 72 valence electrons. The Labute approximate surface area is 72.6 Å². The minimum atomic E-state index is -0.898. The Bertz CT molecular complexity index is 138. The van der Waals surface area contributed by atoms with Gasteiger partial charge in [0, 0.05) is 12.5 Å². The lowest BCUT2D eigenvalue weighted by atomic mass is 10.0. The molecule has 2 atom stereocenters. The second kappa shape index (κ2) is 5.97. The van der Waals surface area contributed by atoms with Crippen molar-refractivity contribution >= 4 is 5.97 Å². The fraction of sp³-hybridized carbons (Fsp3) is 0.875. The number of carboxylic acid groups (broad SMARTS) is 1. The molecule has 0 aromatic heterocycles. The maximum Gasteiger partial charge on any atom is 0.321 e. The van der Waals surface area contributed by atoms with E-state index < -0.39 is 12.0 Å². The summed E-state index contributed by atoms with van der Waals surface area (Å²) in [6.45, 7) is 4.24. The van der Waals surface area contributed by atoms with Crippen molar-refractivity contribution in [2.75, 3.05) is 13.2 Å². The topological polar surface area (TPSA) is 69.6 Å². The van der Waals surface area contributed by atoms with Crippen LogP contribution in [0.25, 0.3) is 0 Å². The molecular formula is C8H17NO3. The Morgan fingerprint density at radius 2 is 2.17 bits per heavy atom. The summed E-state index contributed by atoms with van der Waals surface area (Å²) in [5.41, 5.74) is 0. The second-order valence-corrected chi connectivity index (χ2v) is 2.93. The van der Waals surface area contributed by atoms with Gasteiger partial charge in [0.05, 0.1) is 0 Å². The van der Waals surface area contributed by atoms with Crippen molar-refractivity contribution in [2.24, 2.45) is 5.92 Å². The molecule has 0 bridgehead atoms. The summed E-state index contributed by atoms with van der Waals surface area (Å²) in [5, 5.41) is 20.3. The predicted octanol–water partition coefficient (Wildman–Crippen LogP) is 0.0676. The van der Waals surface area contributed by atoms with Crippen molar-refractivity contribution in [1.29, 1.82) is 0 Å². The maximum absolute atomic E-state index is 10.6. The largest absolute Gasteiger partial charge is 0.480 e. The summed E-state index contributed by atoms with van der Waals surface area (Å²) >= 11 is 0. The van der Waals surface area contributed by atoms with Gasteiger partial charge >= 0.3 is 5.97 Å². The van der Waals surface area contributed by atoms with E-state index in [1.165, 1.54) is 0 Å². The van der Waals surface area contributed by atoms with E-state index in [9.17, 15) is 4.79 Å². The van der Waals surface area contributed by atoms with Gasteiger partial charge in [0.25, 0.3) is 0 Å². The van der Waals surface area contributed by atoms with Crippen LogP contribution >= 0.6 is 0 Å². The van der Waals surface area contributed by atoms with E-state index in [-0.39, 0.29) is 12.5 Å². The summed E-state index contributed by atoms with van der Waals surface area (Å²) in [4.78, 5) is 10.6. The minimum absolute atomic E-state index is 0.103. The molecule has 4 nitrogen and oxygen atoms in total. The second-order valence-electron chi connectivity index (χ2n) is 2.93. The van der Waals surface area contributed by atoms with Crippen LogP contribution in [0.3, 0.4) is 0 Å². The third-order valence-electron chi connectivity index (χ3n) is 1.74. The molecule has 12 heavy (non-hydrogen) atoms. The van der Waals surface area contributed by atoms with E-state index in [2.05, 4.69) is 5.32 Å². The monoisotopic (exact) mass is 175 g/mol. The Morgan fingerprint density at radius 3 is 2.50 bits per heavy atom. The third-order valence-corrected chi connectivity index (χ3v) is 1.74. The molecule has 0 rings (SSSR count). The molecule has 3 N–H and O–H groups in total. The summed E-state index contributed by atoms with van der Waals surface area (Å²) in [5.74, 6) is -1.14. The van der Waals surface area contributed by atoms with E-state index in [0.717, 1.165) is 6.42 Å². The number of aliphatic hydroxyl groups is 1. The van der Waals surface area contributed by atoms with Crippen LogP contribution < -0.4 is 5.32 Å². The first kappa shape index (κ1) is 11.4. The van der Waals surface area contributed by atoms with Crippen molar-refractivity contribution in [2.45, 2.75) is 26.3 Å². The molecule has 0 fully saturated rings. The Balaban J connectivity index is 3.94. The summed E-state index contributed by atoms with van der Waals surface area (Å²) < 4.78 is 0. The summed E-state index contributed by atoms with van der Waals surface area (Å²) in [7, 11) is 0. The standard InChI is InChI=1S/C8H17NO3/c1-3-4-9-7(8(11)12)6(2)5-10/h6-7,9-10H,3-5H2,1-2H3,(H,11,12)/t6?,7-/m0/s1. The van der Waals surface area contributed by atoms with Crippen LogP contribution in [-0.4, -0.2) is 35.4 Å². The van der Waals surface area contributed by atoms with Gasteiger partial charge in [-0.1, -0.05) is 13.8 Å². The zero-order chi connectivity index (χ0) is 9.56.